The van der Waals surface area contributed by atoms with Gasteiger partial charge >= 0.3 is 6.18 Å². The minimum absolute atomic E-state index is 0.124. The Labute approximate surface area is 122 Å². The summed E-state index contributed by atoms with van der Waals surface area (Å²) in [6, 6.07) is 3.89. The molecule has 1 rings (SSSR count). The highest BCUT2D eigenvalue weighted by Crippen LogP contribution is 2.34. The number of rotatable bonds is 5. The molecule has 2 nitrogen and oxygen atoms in total. The van der Waals surface area contributed by atoms with Gasteiger partial charge < -0.3 is 10.6 Å². The molecule has 0 atom stereocenters. The SMILES string of the molecule is CC(C)CCN(C)c1ccc(C(F)(F)F)c(C(N)=S)c1. The van der Waals surface area contributed by atoms with Crippen LogP contribution in [0.5, 0.6) is 0 Å². The van der Waals surface area contributed by atoms with Gasteiger partial charge in [-0.05, 0) is 30.5 Å². The lowest BCUT2D eigenvalue weighted by Crippen LogP contribution is -2.22. The summed E-state index contributed by atoms with van der Waals surface area (Å²) in [5.74, 6) is 0.530. The first-order valence-corrected chi connectivity index (χ1v) is 6.76. The molecule has 0 spiro atoms. The number of hydrogen-bond donors (Lipinski definition) is 1. The van der Waals surface area contributed by atoms with Crippen molar-refractivity contribution in [2.75, 3.05) is 18.5 Å². The normalized spacial score (nSPS) is 11.8. The van der Waals surface area contributed by atoms with Gasteiger partial charge in [-0.25, -0.2) is 0 Å². The highest BCUT2D eigenvalue weighted by atomic mass is 32.1. The monoisotopic (exact) mass is 304 g/mol. The highest BCUT2D eigenvalue weighted by Gasteiger charge is 2.34. The minimum atomic E-state index is -4.45. The van der Waals surface area contributed by atoms with Crippen molar-refractivity contribution >= 4 is 22.9 Å². The van der Waals surface area contributed by atoms with Crippen LogP contribution in [0.3, 0.4) is 0 Å². The molecular weight excluding hydrogens is 285 g/mol. The predicted octanol–water partition coefficient (Wildman–Crippen LogP) is 3.82. The maximum Gasteiger partial charge on any atom is 0.417 e. The molecule has 0 bridgehead atoms. The Bertz CT molecular complexity index is 484. The lowest BCUT2D eigenvalue weighted by molar-refractivity contribution is -0.137. The quantitative estimate of drug-likeness (QED) is 0.839. The lowest BCUT2D eigenvalue weighted by Gasteiger charge is -2.22. The molecule has 0 aliphatic rings. The number of nitrogens with two attached hydrogens (primary N) is 1. The van der Waals surface area contributed by atoms with Crippen LogP contribution in [0.1, 0.15) is 31.4 Å². The van der Waals surface area contributed by atoms with Crippen molar-refractivity contribution in [3.05, 3.63) is 29.3 Å². The Morgan fingerprint density at radius 2 is 1.95 bits per heavy atom. The van der Waals surface area contributed by atoms with E-state index in [1.165, 1.54) is 12.1 Å². The molecule has 1 aromatic carbocycles. The van der Waals surface area contributed by atoms with Crippen LogP contribution < -0.4 is 10.6 Å². The molecule has 6 heteroatoms. The third kappa shape index (κ3) is 4.37. The second kappa shape index (κ2) is 6.43. The highest BCUT2D eigenvalue weighted by molar-refractivity contribution is 7.80. The Kier molecular flexibility index (Phi) is 5.39. The van der Waals surface area contributed by atoms with Crippen LogP contribution >= 0.6 is 12.2 Å². The fourth-order valence-corrected chi connectivity index (χ4v) is 1.97. The molecule has 0 aliphatic carbocycles. The molecule has 0 radical (unpaired) electrons. The summed E-state index contributed by atoms with van der Waals surface area (Å²) in [6.45, 7) is 4.96. The van der Waals surface area contributed by atoms with Crippen molar-refractivity contribution < 1.29 is 13.2 Å². The van der Waals surface area contributed by atoms with Crippen LogP contribution in [0.4, 0.5) is 18.9 Å². The van der Waals surface area contributed by atoms with E-state index in [-0.39, 0.29) is 10.6 Å². The first-order valence-electron chi connectivity index (χ1n) is 6.35. The van der Waals surface area contributed by atoms with E-state index >= 15 is 0 Å². The third-order valence-corrected chi connectivity index (χ3v) is 3.28. The smallest absolute Gasteiger partial charge is 0.389 e. The van der Waals surface area contributed by atoms with Gasteiger partial charge in [0.1, 0.15) is 4.99 Å². The molecule has 0 heterocycles. The van der Waals surface area contributed by atoms with Crippen LogP contribution in [0.2, 0.25) is 0 Å². The molecule has 1 aromatic rings. The number of halogens is 3. The summed E-state index contributed by atoms with van der Waals surface area (Å²) in [5.41, 5.74) is 5.19. The number of thiocarbonyl (C=S) groups is 1. The van der Waals surface area contributed by atoms with E-state index in [0.717, 1.165) is 19.0 Å². The van der Waals surface area contributed by atoms with Crippen molar-refractivity contribution in [3.8, 4) is 0 Å². The van der Waals surface area contributed by atoms with Crippen LogP contribution in [0.15, 0.2) is 18.2 Å². The maximum atomic E-state index is 12.9. The van der Waals surface area contributed by atoms with Gasteiger partial charge in [0.25, 0.3) is 0 Å². The van der Waals surface area contributed by atoms with Gasteiger partial charge in [-0.15, -0.1) is 0 Å². The number of benzene rings is 1. The van der Waals surface area contributed by atoms with Crippen LogP contribution in [-0.4, -0.2) is 18.6 Å². The Balaban J connectivity index is 3.08. The van der Waals surface area contributed by atoms with E-state index in [1.807, 2.05) is 11.9 Å². The average molecular weight is 304 g/mol. The lowest BCUT2D eigenvalue weighted by atomic mass is 10.0. The fourth-order valence-electron chi connectivity index (χ4n) is 1.80. The van der Waals surface area contributed by atoms with Crippen LogP contribution in [0.25, 0.3) is 0 Å². The van der Waals surface area contributed by atoms with E-state index in [2.05, 4.69) is 13.8 Å². The number of anilines is 1. The summed E-state index contributed by atoms with van der Waals surface area (Å²) in [5, 5.41) is 0. The Morgan fingerprint density at radius 3 is 2.40 bits per heavy atom. The molecule has 0 amide bonds. The van der Waals surface area contributed by atoms with Gasteiger partial charge in [0.05, 0.1) is 5.56 Å². The number of nitrogens with zero attached hydrogens (tertiary/aromatic N) is 1. The molecule has 20 heavy (non-hydrogen) atoms. The van der Waals surface area contributed by atoms with Crippen molar-refractivity contribution in [3.63, 3.8) is 0 Å². The zero-order valence-corrected chi connectivity index (χ0v) is 12.6. The molecule has 112 valence electrons. The summed E-state index contributed by atoms with van der Waals surface area (Å²) >= 11 is 4.73. The van der Waals surface area contributed by atoms with Crippen molar-refractivity contribution in [1.29, 1.82) is 0 Å². The molecule has 2 N–H and O–H groups in total. The summed E-state index contributed by atoms with van der Waals surface area (Å²) in [4.78, 5) is 1.67. The number of hydrogen-bond acceptors (Lipinski definition) is 2. The van der Waals surface area contributed by atoms with Gasteiger partial charge in [-0.2, -0.15) is 13.2 Å². The molecule has 0 unspecified atom stereocenters. The molecule has 0 saturated carbocycles. The summed E-state index contributed by atoms with van der Waals surface area (Å²) < 4.78 is 38.6. The molecule has 0 aliphatic heterocycles. The predicted molar refractivity (Wildman–Crippen MR) is 80.1 cm³/mol. The average Bonchev–Trinajstić information content (AvgIpc) is 2.33. The molecule has 0 fully saturated rings. The second-order valence-corrected chi connectivity index (χ2v) is 5.64. The van der Waals surface area contributed by atoms with E-state index in [9.17, 15) is 13.2 Å². The molecule has 0 aromatic heterocycles. The Morgan fingerprint density at radius 1 is 1.35 bits per heavy atom. The van der Waals surface area contributed by atoms with Crippen LogP contribution in [-0.2, 0) is 6.18 Å². The Hall–Kier alpha value is -1.30. The standard InChI is InChI=1S/C14H19F3N2S/c1-9(2)6-7-19(3)10-4-5-12(14(15,16)17)11(8-10)13(18)20/h4-5,8-9H,6-7H2,1-3H3,(H2,18,20). The number of alkyl halides is 3. The molecular formula is C14H19F3N2S. The zero-order chi connectivity index (χ0) is 15.5. The van der Waals surface area contributed by atoms with E-state index in [1.54, 1.807) is 0 Å². The summed E-state index contributed by atoms with van der Waals surface area (Å²) in [6.07, 6.45) is -3.49. The largest absolute Gasteiger partial charge is 0.417 e. The third-order valence-electron chi connectivity index (χ3n) is 3.06. The van der Waals surface area contributed by atoms with Gasteiger partial charge in [-0.1, -0.05) is 26.1 Å². The van der Waals surface area contributed by atoms with E-state index < -0.39 is 11.7 Å². The topological polar surface area (TPSA) is 29.3 Å². The minimum Gasteiger partial charge on any atom is -0.389 e. The van der Waals surface area contributed by atoms with Gasteiger partial charge in [0.15, 0.2) is 0 Å². The van der Waals surface area contributed by atoms with E-state index in [0.29, 0.717) is 11.6 Å². The zero-order valence-electron chi connectivity index (χ0n) is 11.8. The van der Waals surface area contributed by atoms with Gasteiger partial charge in [-0.3, -0.25) is 0 Å². The fraction of sp³-hybridized carbons (Fsp3) is 0.500. The first-order chi connectivity index (χ1) is 9.12. The first kappa shape index (κ1) is 16.8. The van der Waals surface area contributed by atoms with E-state index in [4.69, 9.17) is 18.0 Å². The maximum absolute atomic E-state index is 12.9. The summed E-state index contributed by atoms with van der Waals surface area (Å²) in [7, 11) is 1.84. The second-order valence-electron chi connectivity index (χ2n) is 5.20. The van der Waals surface area contributed by atoms with Crippen molar-refractivity contribution in [2.45, 2.75) is 26.4 Å². The van der Waals surface area contributed by atoms with Crippen LogP contribution in [0, 0.1) is 5.92 Å². The van der Waals surface area contributed by atoms with Crippen molar-refractivity contribution in [2.24, 2.45) is 11.7 Å². The van der Waals surface area contributed by atoms with Gasteiger partial charge in [0, 0.05) is 24.8 Å². The molecule has 0 saturated heterocycles. The van der Waals surface area contributed by atoms with Crippen molar-refractivity contribution in [1.82, 2.24) is 0 Å². The van der Waals surface area contributed by atoms with Gasteiger partial charge in [0.2, 0.25) is 0 Å².